The third-order valence-electron chi connectivity index (χ3n) is 5.49. The van der Waals surface area contributed by atoms with Gasteiger partial charge in [-0.3, -0.25) is 4.79 Å². The Morgan fingerprint density at radius 3 is 0.963 bits per heavy atom. The van der Waals surface area contributed by atoms with Crippen LogP contribution in [0.2, 0.25) is 0 Å². The second kappa shape index (κ2) is 26.1. The number of hydrogen-bond acceptors (Lipinski definition) is 1. The van der Waals surface area contributed by atoms with Crippen LogP contribution in [0.5, 0.6) is 0 Å². The van der Waals surface area contributed by atoms with Crippen molar-refractivity contribution in [2.75, 3.05) is 0 Å². The van der Waals surface area contributed by atoms with Crippen molar-refractivity contribution in [1.82, 2.24) is 0 Å². The van der Waals surface area contributed by atoms with E-state index in [-0.39, 0.29) is 20.3 Å². The van der Waals surface area contributed by atoms with E-state index in [1.807, 2.05) is 0 Å². The first-order chi connectivity index (χ1) is 12.8. The average Bonchev–Trinajstić information content (AvgIpc) is 2.62. The molecule has 0 rings (SSSR count). The molecule has 2 nitrogen and oxygen atoms in total. The van der Waals surface area contributed by atoms with Crippen LogP contribution in [0.15, 0.2) is 0 Å². The van der Waals surface area contributed by atoms with Gasteiger partial charge in [-0.05, 0) is 6.42 Å². The van der Waals surface area contributed by atoms with E-state index < -0.39 is 5.97 Å². The largest absolute Gasteiger partial charge is 1.00 e. The maximum Gasteiger partial charge on any atom is 1.00 e. The Morgan fingerprint density at radius 2 is 0.741 bits per heavy atom. The summed E-state index contributed by atoms with van der Waals surface area (Å²) in [5.74, 6) is -0.650. The molecule has 0 amide bonds. The van der Waals surface area contributed by atoms with E-state index in [0.717, 1.165) is 12.8 Å². The van der Waals surface area contributed by atoms with Gasteiger partial charge in [0.05, 0.1) is 0 Å². The van der Waals surface area contributed by atoms with Crippen molar-refractivity contribution >= 4 is 5.97 Å². The number of carboxylic acids is 1. The minimum absolute atomic E-state index is 0. The van der Waals surface area contributed by atoms with Crippen LogP contribution in [0, 0.1) is 0 Å². The number of aliphatic carboxylic acids is 1. The van der Waals surface area contributed by atoms with E-state index in [4.69, 9.17) is 5.11 Å². The zero-order valence-corrected chi connectivity index (χ0v) is 18.9. The smallest absolute Gasteiger partial charge is 1.00 e. The van der Waals surface area contributed by atoms with Gasteiger partial charge >= 0.3 is 24.8 Å². The molecular formula is C24H49LiO2. The van der Waals surface area contributed by atoms with Gasteiger partial charge in [0, 0.05) is 6.42 Å². The minimum Gasteiger partial charge on any atom is -1.00 e. The van der Waals surface area contributed by atoms with E-state index >= 15 is 0 Å². The van der Waals surface area contributed by atoms with Gasteiger partial charge in [-0.25, -0.2) is 0 Å². The first kappa shape index (κ1) is 29.3. The molecule has 0 unspecified atom stereocenters. The Balaban J connectivity index is -0.00000312. The number of hydrogen-bond donors (Lipinski definition) is 1. The molecule has 0 aliphatic carbocycles. The van der Waals surface area contributed by atoms with Crippen molar-refractivity contribution in [3.05, 3.63) is 0 Å². The maximum atomic E-state index is 10.4. The first-order valence-electron chi connectivity index (χ1n) is 12.0. The van der Waals surface area contributed by atoms with E-state index in [9.17, 15) is 4.79 Å². The van der Waals surface area contributed by atoms with Gasteiger partial charge in [-0.1, -0.05) is 135 Å². The zero-order chi connectivity index (χ0) is 19.1. The second-order valence-electron chi connectivity index (χ2n) is 8.21. The molecule has 1 N–H and O–H groups in total. The third-order valence-corrected chi connectivity index (χ3v) is 5.49. The van der Waals surface area contributed by atoms with Crippen LogP contribution in [-0.4, -0.2) is 11.1 Å². The first-order valence-corrected chi connectivity index (χ1v) is 12.0. The van der Waals surface area contributed by atoms with E-state index in [2.05, 4.69) is 6.92 Å². The standard InChI is InChI=1S/C24H48O2.Li.H/c1-2-3-4-5-6-7-8-9-10-11-12-13-14-15-16-17-18-19-20-21-22-23-24(25)26;;/h2-23H2,1H3,(H,25,26);;/q;+1;-1. The molecule has 0 bridgehead atoms. The Bertz CT molecular complexity index is 288. The normalized spacial score (nSPS) is 10.7. The third kappa shape index (κ3) is 28.4. The van der Waals surface area contributed by atoms with E-state index in [1.165, 1.54) is 122 Å². The second-order valence-corrected chi connectivity index (χ2v) is 8.21. The van der Waals surface area contributed by atoms with Crippen LogP contribution in [0.1, 0.15) is 150 Å². The Morgan fingerprint density at radius 1 is 0.519 bits per heavy atom. The molecule has 0 aliphatic rings. The quantitative estimate of drug-likeness (QED) is 0.192. The number of rotatable bonds is 22. The van der Waals surface area contributed by atoms with Crippen molar-refractivity contribution in [2.24, 2.45) is 0 Å². The summed E-state index contributed by atoms with van der Waals surface area (Å²) in [5, 5.41) is 8.57. The molecule has 0 heterocycles. The van der Waals surface area contributed by atoms with Crippen LogP contribution in [0.4, 0.5) is 0 Å². The van der Waals surface area contributed by atoms with Gasteiger partial charge < -0.3 is 6.53 Å². The van der Waals surface area contributed by atoms with Gasteiger partial charge in [0.1, 0.15) is 0 Å². The predicted molar refractivity (Wildman–Crippen MR) is 116 cm³/mol. The van der Waals surface area contributed by atoms with Crippen LogP contribution in [0.25, 0.3) is 0 Å². The molecule has 0 radical (unpaired) electrons. The molecule has 0 saturated carbocycles. The van der Waals surface area contributed by atoms with Crippen LogP contribution < -0.4 is 18.9 Å². The summed E-state index contributed by atoms with van der Waals surface area (Å²) in [7, 11) is 0. The van der Waals surface area contributed by atoms with Gasteiger partial charge in [0.15, 0.2) is 0 Å². The molecule has 0 atom stereocenters. The van der Waals surface area contributed by atoms with E-state index in [1.54, 1.807) is 0 Å². The summed E-state index contributed by atoms with van der Waals surface area (Å²) in [6.45, 7) is 2.29. The van der Waals surface area contributed by atoms with Crippen molar-refractivity contribution in [3.8, 4) is 0 Å². The number of carbonyl (C=O) groups is 1. The summed E-state index contributed by atoms with van der Waals surface area (Å²) in [4.78, 5) is 10.4. The Hall–Kier alpha value is 0.0674. The molecule has 0 fully saturated rings. The Labute approximate surface area is 184 Å². The predicted octanol–water partition coefficient (Wildman–Crippen LogP) is 5.79. The van der Waals surface area contributed by atoms with Crippen molar-refractivity contribution in [1.29, 1.82) is 0 Å². The molecule has 27 heavy (non-hydrogen) atoms. The number of carboxylic acid groups (broad SMARTS) is 1. The molecule has 158 valence electrons. The molecule has 3 heteroatoms. The van der Waals surface area contributed by atoms with Crippen molar-refractivity contribution in [3.63, 3.8) is 0 Å². The van der Waals surface area contributed by atoms with Gasteiger partial charge in [0.2, 0.25) is 0 Å². The molecule has 0 saturated heterocycles. The maximum absolute atomic E-state index is 10.4. The van der Waals surface area contributed by atoms with Crippen LogP contribution in [-0.2, 0) is 4.79 Å². The topological polar surface area (TPSA) is 37.3 Å². The van der Waals surface area contributed by atoms with Gasteiger partial charge in [0.25, 0.3) is 0 Å². The SMILES string of the molecule is CCCCCCCCCCCCCCCCCCCCCCCC(=O)O.[H-].[Li+]. The summed E-state index contributed by atoms with van der Waals surface area (Å²) in [5.41, 5.74) is 0. The molecule has 0 aromatic heterocycles. The summed E-state index contributed by atoms with van der Waals surface area (Å²) < 4.78 is 0. The monoisotopic (exact) mass is 376 g/mol. The summed E-state index contributed by atoms with van der Waals surface area (Å²) >= 11 is 0. The van der Waals surface area contributed by atoms with Gasteiger partial charge in [-0.2, -0.15) is 0 Å². The fraction of sp³-hybridized carbons (Fsp3) is 0.958. The molecular weight excluding hydrogens is 327 g/mol. The number of unbranched alkanes of at least 4 members (excludes halogenated alkanes) is 20. The summed E-state index contributed by atoms with van der Waals surface area (Å²) in [6, 6.07) is 0. The minimum atomic E-state index is -0.650. The molecule has 0 aromatic carbocycles. The zero-order valence-electron chi connectivity index (χ0n) is 19.9. The summed E-state index contributed by atoms with van der Waals surface area (Å²) in [6.07, 6.45) is 29.1. The molecule has 0 aliphatic heterocycles. The molecule has 0 aromatic rings. The van der Waals surface area contributed by atoms with Crippen molar-refractivity contribution < 1.29 is 30.2 Å². The van der Waals surface area contributed by atoms with E-state index in [0.29, 0.717) is 6.42 Å². The van der Waals surface area contributed by atoms with Gasteiger partial charge in [-0.15, -0.1) is 0 Å². The Kier molecular flexibility index (Phi) is 28.3. The van der Waals surface area contributed by atoms with Crippen LogP contribution >= 0.6 is 0 Å². The van der Waals surface area contributed by atoms with Crippen molar-refractivity contribution in [2.45, 2.75) is 148 Å². The molecule has 0 spiro atoms. The fourth-order valence-corrected chi connectivity index (χ4v) is 3.71. The fourth-order valence-electron chi connectivity index (χ4n) is 3.71. The van der Waals surface area contributed by atoms with Crippen LogP contribution in [0.3, 0.4) is 0 Å². The average molecular weight is 377 g/mol.